The third-order valence-corrected chi connectivity index (χ3v) is 6.32. The molecule has 4 rings (SSSR count). The Morgan fingerprint density at radius 2 is 2.32 bits per heavy atom. The fraction of sp³-hybridized carbons (Fsp3) is 0.429. The summed E-state index contributed by atoms with van der Waals surface area (Å²) in [5.74, 6) is 1.44. The molecule has 1 atom stereocenters. The van der Waals surface area contributed by atoms with E-state index in [1.54, 1.807) is 17.6 Å². The first-order chi connectivity index (χ1) is 13.6. The van der Waals surface area contributed by atoms with Gasteiger partial charge in [0, 0.05) is 11.4 Å². The number of nitrogens with zero attached hydrogens (tertiary/aromatic N) is 2. The second-order valence-corrected chi connectivity index (χ2v) is 8.40. The van der Waals surface area contributed by atoms with E-state index < -0.39 is 6.10 Å². The number of aromatic amines is 1. The Hall–Kier alpha value is -2.22. The molecule has 1 aliphatic carbocycles. The summed E-state index contributed by atoms with van der Waals surface area (Å²) in [6, 6.07) is 3.76. The van der Waals surface area contributed by atoms with Crippen molar-refractivity contribution in [1.29, 1.82) is 0 Å². The van der Waals surface area contributed by atoms with Gasteiger partial charge in [-0.25, -0.2) is 4.98 Å². The molecule has 0 spiro atoms. The third-order valence-electron chi connectivity index (χ3n) is 5.13. The maximum Gasteiger partial charge on any atom is 0.259 e. The van der Waals surface area contributed by atoms with Crippen molar-refractivity contribution in [2.75, 3.05) is 6.54 Å². The summed E-state index contributed by atoms with van der Waals surface area (Å²) in [5, 5.41) is 11.1. The van der Waals surface area contributed by atoms with Gasteiger partial charge in [-0.1, -0.05) is 6.08 Å². The third kappa shape index (κ3) is 4.11. The number of aliphatic hydroxyl groups excluding tert-OH is 1. The lowest BCUT2D eigenvalue weighted by molar-refractivity contribution is 0.0931. The van der Waals surface area contributed by atoms with Crippen molar-refractivity contribution in [3.8, 4) is 0 Å². The number of allylic oxidation sites excluding steroid dienone is 1. The smallest absolute Gasteiger partial charge is 0.259 e. The molecule has 0 bridgehead atoms. The molecule has 0 radical (unpaired) electrons. The fourth-order valence-electron chi connectivity index (χ4n) is 3.84. The second-order valence-electron chi connectivity index (χ2n) is 7.32. The van der Waals surface area contributed by atoms with E-state index in [0.717, 1.165) is 41.7 Å². The molecule has 3 heterocycles. The van der Waals surface area contributed by atoms with Crippen LogP contribution in [0.3, 0.4) is 0 Å². The number of thiophene rings is 1. The molecule has 0 fully saturated rings. The number of nitrogens with one attached hydrogen (secondary N) is 1. The van der Waals surface area contributed by atoms with Crippen LogP contribution in [0.15, 0.2) is 40.3 Å². The number of aromatic nitrogens is 2. The first-order valence-corrected chi connectivity index (χ1v) is 10.5. The van der Waals surface area contributed by atoms with Crippen LogP contribution in [0.1, 0.15) is 41.3 Å². The molecule has 7 heteroatoms. The Bertz CT molecular complexity index is 1010. The van der Waals surface area contributed by atoms with Crippen molar-refractivity contribution in [2.24, 2.45) is 0 Å². The Morgan fingerprint density at radius 1 is 1.43 bits per heavy atom. The standard InChI is InChI=1S/C21H25N3O3S/c1-2-3-6-14(25)11-24(12-15-7-5-10-27-15)13-18-22-20(26)19-16-8-4-9-17(16)28-21(19)23-18/h2,5,7,10,14,25H,1,3-4,6,8-9,11-13H2,(H,22,23,26)/t14-/m0/s1. The van der Waals surface area contributed by atoms with Crippen molar-refractivity contribution in [3.05, 3.63) is 63.4 Å². The molecule has 0 unspecified atom stereocenters. The normalized spacial score (nSPS) is 14.6. The Kier molecular flexibility index (Phi) is 5.75. The number of hydrogen-bond donors (Lipinski definition) is 2. The van der Waals surface area contributed by atoms with Crippen LogP contribution in [-0.4, -0.2) is 32.6 Å². The van der Waals surface area contributed by atoms with Gasteiger partial charge in [-0.3, -0.25) is 9.69 Å². The van der Waals surface area contributed by atoms with Gasteiger partial charge in [0.25, 0.3) is 5.56 Å². The summed E-state index contributed by atoms with van der Waals surface area (Å²) in [6.07, 6.45) is 7.53. The van der Waals surface area contributed by atoms with Crippen molar-refractivity contribution >= 4 is 21.6 Å². The van der Waals surface area contributed by atoms with Crippen LogP contribution in [-0.2, 0) is 25.9 Å². The van der Waals surface area contributed by atoms with Gasteiger partial charge in [0.1, 0.15) is 16.4 Å². The average molecular weight is 400 g/mol. The molecule has 0 aliphatic heterocycles. The minimum atomic E-state index is -0.478. The molecule has 6 nitrogen and oxygen atoms in total. The zero-order valence-electron chi connectivity index (χ0n) is 15.8. The summed E-state index contributed by atoms with van der Waals surface area (Å²) in [6.45, 7) is 5.17. The maximum atomic E-state index is 12.7. The van der Waals surface area contributed by atoms with E-state index in [9.17, 15) is 9.90 Å². The minimum Gasteiger partial charge on any atom is -0.468 e. The van der Waals surface area contributed by atoms with Gasteiger partial charge in [0.15, 0.2) is 0 Å². The summed E-state index contributed by atoms with van der Waals surface area (Å²) in [7, 11) is 0. The monoisotopic (exact) mass is 399 g/mol. The van der Waals surface area contributed by atoms with Crippen LogP contribution in [0.4, 0.5) is 0 Å². The zero-order valence-corrected chi connectivity index (χ0v) is 16.6. The molecule has 0 saturated carbocycles. The van der Waals surface area contributed by atoms with E-state index in [4.69, 9.17) is 9.40 Å². The number of furan rings is 1. The lowest BCUT2D eigenvalue weighted by atomic mass is 10.2. The molecular formula is C21H25N3O3S. The van der Waals surface area contributed by atoms with Crippen LogP contribution >= 0.6 is 11.3 Å². The Morgan fingerprint density at radius 3 is 3.11 bits per heavy atom. The van der Waals surface area contributed by atoms with Gasteiger partial charge < -0.3 is 14.5 Å². The molecule has 2 N–H and O–H groups in total. The number of aliphatic hydroxyl groups is 1. The highest BCUT2D eigenvalue weighted by molar-refractivity contribution is 7.18. The molecule has 0 aromatic carbocycles. The van der Waals surface area contributed by atoms with Crippen molar-refractivity contribution in [1.82, 2.24) is 14.9 Å². The van der Waals surface area contributed by atoms with E-state index in [-0.39, 0.29) is 5.56 Å². The van der Waals surface area contributed by atoms with Crippen LogP contribution in [0.2, 0.25) is 0 Å². The summed E-state index contributed by atoms with van der Waals surface area (Å²) >= 11 is 1.64. The molecule has 3 aromatic rings. The summed E-state index contributed by atoms with van der Waals surface area (Å²) < 4.78 is 5.47. The first-order valence-electron chi connectivity index (χ1n) is 9.71. The lowest BCUT2D eigenvalue weighted by Gasteiger charge is -2.23. The second kappa shape index (κ2) is 8.43. The molecule has 3 aromatic heterocycles. The number of hydrogen-bond acceptors (Lipinski definition) is 6. The summed E-state index contributed by atoms with van der Waals surface area (Å²) in [4.78, 5) is 24.6. The van der Waals surface area contributed by atoms with Gasteiger partial charge in [-0.05, 0) is 49.8 Å². The molecule has 1 aliphatic rings. The SMILES string of the molecule is C=CCC[C@H](O)CN(Cc1nc2sc3c(c2c(=O)[nH]1)CCC3)Cc1ccco1. The number of fused-ring (bicyclic) bond motifs is 3. The van der Waals surface area contributed by atoms with Crippen LogP contribution < -0.4 is 5.56 Å². The van der Waals surface area contributed by atoms with Gasteiger partial charge >= 0.3 is 0 Å². The predicted octanol–water partition coefficient (Wildman–Crippen LogP) is 3.40. The average Bonchev–Trinajstić information content (AvgIpc) is 3.37. The van der Waals surface area contributed by atoms with Gasteiger partial charge in [-0.15, -0.1) is 17.9 Å². The quantitative estimate of drug-likeness (QED) is 0.539. The van der Waals surface area contributed by atoms with Crippen molar-refractivity contribution in [2.45, 2.75) is 51.3 Å². The molecule has 148 valence electrons. The minimum absolute atomic E-state index is 0.0513. The van der Waals surface area contributed by atoms with Crippen LogP contribution in [0, 0.1) is 0 Å². The van der Waals surface area contributed by atoms with Crippen molar-refractivity contribution in [3.63, 3.8) is 0 Å². The van der Waals surface area contributed by atoms with Gasteiger partial charge in [-0.2, -0.15) is 0 Å². The van der Waals surface area contributed by atoms with Crippen LogP contribution in [0.25, 0.3) is 10.2 Å². The van der Waals surface area contributed by atoms with E-state index >= 15 is 0 Å². The summed E-state index contributed by atoms with van der Waals surface area (Å²) in [5.41, 5.74) is 1.14. The highest BCUT2D eigenvalue weighted by Gasteiger charge is 2.22. The zero-order chi connectivity index (χ0) is 19.5. The van der Waals surface area contributed by atoms with E-state index in [2.05, 4.69) is 16.5 Å². The molecule has 28 heavy (non-hydrogen) atoms. The molecular weight excluding hydrogens is 374 g/mol. The van der Waals surface area contributed by atoms with Gasteiger partial charge in [0.2, 0.25) is 0 Å². The largest absolute Gasteiger partial charge is 0.468 e. The highest BCUT2D eigenvalue weighted by Crippen LogP contribution is 2.34. The highest BCUT2D eigenvalue weighted by atomic mass is 32.1. The van der Waals surface area contributed by atoms with E-state index in [1.165, 1.54) is 10.4 Å². The fourth-order valence-corrected chi connectivity index (χ4v) is 5.12. The maximum absolute atomic E-state index is 12.7. The molecule has 0 saturated heterocycles. The topological polar surface area (TPSA) is 82.4 Å². The number of H-pyrrole nitrogens is 1. The number of rotatable bonds is 9. The first kappa shape index (κ1) is 19.1. The lowest BCUT2D eigenvalue weighted by Crippen LogP contribution is -2.32. The van der Waals surface area contributed by atoms with Gasteiger partial charge in [0.05, 0.1) is 30.8 Å². The molecule has 0 amide bonds. The number of aryl methyl sites for hydroxylation is 2. The Labute approximate surface area is 167 Å². The predicted molar refractivity (Wildman–Crippen MR) is 111 cm³/mol. The van der Waals surface area contributed by atoms with E-state index in [1.807, 2.05) is 18.2 Å². The van der Waals surface area contributed by atoms with E-state index in [0.29, 0.717) is 31.9 Å². The Balaban J connectivity index is 1.56. The van der Waals surface area contributed by atoms with Crippen molar-refractivity contribution < 1.29 is 9.52 Å². The van der Waals surface area contributed by atoms with Crippen LogP contribution in [0.5, 0.6) is 0 Å².